The predicted octanol–water partition coefficient (Wildman–Crippen LogP) is 1.54. The first kappa shape index (κ1) is 13.0. The maximum atomic E-state index is 12.5. The molecule has 1 atom stereocenters. The Kier molecular flexibility index (Phi) is 4.31. The summed E-state index contributed by atoms with van der Waals surface area (Å²) in [5.74, 6) is 0.584. The van der Waals surface area contributed by atoms with Gasteiger partial charge in [-0.25, -0.2) is 0 Å². The number of carbonyl (C=O) groups excluding carboxylic acids is 1. The van der Waals surface area contributed by atoms with Crippen LogP contribution in [0.3, 0.4) is 0 Å². The lowest BCUT2D eigenvalue weighted by molar-refractivity contribution is 0.0646. The molecule has 1 saturated heterocycles. The molecule has 0 radical (unpaired) electrons. The molecule has 0 aromatic carbocycles. The van der Waals surface area contributed by atoms with E-state index in [1.165, 1.54) is 0 Å². The first-order valence-corrected chi connectivity index (χ1v) is 6.62. The molecule has 1 unspecified atom stereocenters. The summed E-state index contributed by atoms with van der Waals surface area (Å²) in [7, 11) is 0. The second-order valence-corrected chi connectivity index (χ2v) is 5.10. The lowest BCUT2D eigenvalue weighted by Crippen LogP contribution is -2.46. The Labute approximate surface area is 108 Å². The van der Waals surface area contributed by atoms with Crippen LogP contribution in [0.4, 0.5) is 0 Å². The molecule has 98 valence electrons. The molecule has 1 amide bonds. The van der Waals surface area contributed by atoms with Crippen molar-refractivity contribution in [1.29, 1.82) is 0 Å². The van der Waals surface area contributed by atoms with Crippen molar-refractivity contribution in [3.63, 3.8) is 0 Å². The van der Waals surface area contributed by atoms with Gasteiger partial charge in [0.15, 0.2) is 0 Å². The quantitative estimate of drug-likeness (QED) is 0.862. The van der Waals surface area contributed by atoms with Gasteiger partial charge in [-0.1, -0.05) is 13.8 Å². The van der Waals surface area contributed by atoms with Gasteiger partial charge in [0.05, 0.1) is 0 Å². The molecule has 4 heteroatoms. The van der Waals surface area contributed by atoms with Crippen molar-refractivity contribution in [3.8, 4) is 0 Å². The molecule has 0 spiro atoms. The van der Waals surface area contributed by atoms with Crippen LogP contribution >= 0.6 is 0 Å². The van der Waals surface area contributed by atoms with Crippen LogP contribution in [0.2, 0.25) is 0 Å². The molecular weight excluding hydrogens is 226 g/mol. The third-order valence-corrected chi connectivity index (χ3v) is 3.46. The van der Waals surface area contributed by atoms with Crippen LogP contribution < -0.4 is 5.32 Å². The Bertz CT molecular complexity index is 391. The summed E-state index contributed by atoms with van der Waals surface area (Å²) in [6, 6.07) is 3.85. The van der Waals surface area contributed by atoms with Crippen molar-refractivity contribution in [2.75, 3.05) is 19.6 Å². The molecule has 0 saturated carbocycles. The highest BCUT2D eigenvalue weighted by atomic mass is 16.2. The molecular formula is C14H21N3O. The normalized spacial score (nSPS) is 20.8. The van der Waals surface area contributed by atoms with Crippen LogP contribution in [0.5, 0.6) is 0 Å². The second-order valence-electron chi connectivity index (χ2n) is 5.10. The van der Waals surface area contributed by atoms with Crippen molar-refractivity contribution in [2.45, 2.75) is 26.3 Å². The van der Waals surface area contributed by atoms with Crippen molar-refractivity contribution in [3.05, 3.63) is 30.1 Å². The van der Waals surface area contributed by atoms with Crippen LogP contribution in [-0.2, 0) is 0 Å². The van der Waals surface area contributed by atoms with Crippen molar-refractivity contribution in [1.82, 2.24) is 15.2 Å². The summed E-state index contributed by atoms with van der Waals surface area (Å²) < 4.78 is 0. The molecule has 18 heavy (non-hydrogen) atoms. The standard InChI is InChI=1S/C14H21N3O/c1-11(2)13-10-16-6-3-9-17(13)14(18)12-4-7-15-8-5-12/h4-5,7-8,11,13,16H,3,6,9-10H2,1-2H3. The van der Waals surface area contributed by atoms with E-state index in [4.69, 9.17) is 0 Å². The highest BCUT2D eigenvalue weighted by Crippen LogP contribution is 2.16. The number of amides is 1. The van der Waals surface area contributed by atoms with Crippen molar-refractivity contribution >= 4 is 5.91 Å². The molecule has 0 aliphatic carbocycles. The van der Waals surface area contributed by atoms with Gasteiger partial charge >= 0.3 is 0 Å². The first-order valence-electron chi connectivity index (χ1n) is 6.62. The Hall–Kier alpha value is -1.42. The number of carbonyl (C=O) groups is 1. The summed E-state index contributed by atoms with van der Waals surface area (Å²) in [5.41, 5.74) is 0.734. The number of aromatic nitrogens is 1. The second kappa shape index (κ2) is 5.96. The summed E-state index contributed by atoms with van der Waals surface area (Å²) in [4.78, 5) is 18.5. The van der Waals surface area contributed by atoms with E-state index >= 15 is 0 Å². The lowest BCUT2D eigenvalue weighted by atomic mass is 10.0. The third kappa shape index (κ3) is 2.88. The summed E-state index contributed by atoms with van der Waals surface area (Å²) in [6.07, 6.45) is 4.36. The smallest absolute Gasteiger partial charge is 0.254 e. The molecule has 2 rings (SSSR count). The summed E-state index contributed by atoms with van der Waals surface area (Å²) in [6.45, 7) is 7.05. The van der Waals surface area contributed by atoms with Gasteiger partial charge in [0.1, 0.15) is 0 Å². The fourth-order valence-corrected chi connectivity index (χ4v) is 2.41. The van der Waals surface area contributed by atoms with Gasteiger partial charge in [0.25, 0.3) is 5.91 Å². The van der Waals surface area contributed by atoms with E-state index in [0.717, 1.165) is 31.6 Å². The molecule has 1 fully saturated rings. The Morgan fingerprint density at radius 1 is 1.44 bits per heavy atom. The minimum atomic E-state index is 0.125. The number of pyridine rings is 1. The summed E-state index contributed by atoms with van der Waals surface area (Å²) in [5, 5.41) is 3.41. The van der Waals surface area contributed by atoms with E-state index in [1.54, 1.807) is 24.5 Å². The highest BCUT2D eigenvalue weighted by molar-refractivity contribution is 5.94. The molecule has 2 heterocycles. The molecule has 4 nitrogen and oxygen atoms in total. The maximum Gasteiger partial charge on any atom is 0.254 e. The Morgan fingerprint density at radius 3 is 2.83 bits per heavy atom. The van der Waals surface area contributed by atoms with Crippen molar-refractivity contribution < 1.29 is 4.79 Å². The summed E-state index contributed by atoms with van der Waals surface area (Å²) >= 11 is 0. The Morgan fingerprint density at radius 2 is 2.17 bits per heavy atom. The van der Waals surface area contributed by atoms with Crippen LogP contribution in [0.25, 0.3) is 0 Å². The van der Waals surface area contributed by atoms with Gasteiger partial charge in [0.2, 0.25) is 0 Å². The molecule has 1 aromatic rings. The fourth-order valence-electron chi connectivity index (χ4n) is 2.41. The van der Waals surface area contributed by atoms with Gasteiger partial charge in [-0.2, -0.15) is 0 Å². The average Bonchev–Trinajstić information content (AvgIpc) is 2.64. The lowest BCUT2D eigenvalue weighted by Gasteiger charge is -2.32. The SMILES string of the molecule is CC(C)C1CNCCCN1C(=O)c1ccncc1. The minimum Gasteiger partial charge on any atom is -0.334 e. The van der Waals surface area contributed by atoms with Crippen molar-refractivity contribution in [2.24, 2.45) is 5.92 Å². The van der Waals surface area contributed by atoms with Gasteiger partial charge < -0.3 is 10.2 Å². The largest absolute Gasteiger partial charge is 0.334 e. The van der Waals surface area contributed by atoms with E-state index < -0.39 is 0 Å². The van der Waals surface area contributed by atoms with E-state index in [2.05, 4.69) is 24.1 Å². The zero-order chi connectivity index (χ0) is 13.0. The molecule has 0 bridgehead atoms. The molecule has 1 aliphatic heterocycles. The van der Waals surface area contributed by atoms with E-state index in [1.807, 2.05) is 4.90 Å². The fraction of sp³-hybridized carbons (Fsp3) is 0.571. The van der Waals surface area contributed by atoms with Gasteiger partial charge in [-0.05, 0) is 31.0 Å². The van der Waals surface area contributed by atoms with E-state index in [-0.39, 0.29) is 11.9 Å². The van der Waals surface area contributed by atoms with Crippen LogP contribution in [0, 0.1) is 5.92 Å². The van der Waals surface area contributed by atoms with Crippen LogP contribution in [-0.4, -0.2) is 41.5 Å². The first-order chi connectivity index (χ1) is 8.70. The van der Waals surface area contributed by atoms with Crippen LogP contribution in [0.1, 0.15) is 30.6 Å². The van der Waals surface area contributed by atoms with Gasteiger partial charge in [-0.15, -0.1) is 0 Å². The van der Waals surface area contributed by atoms with Gasteiger partial charge in [0, 0.05) is 37.1 Å². The van der Waals surface area contributed by atoms with Crippen LogP contribution in [0.15, 0.2) is 24.5 Å². The monoisotopic (exact) mass is 247 g/mol. The number of hydrogen-bond donors (Lipinski definition) is 1. The molecule has 1 N–H and O–H groups in total. The highest BCUT2D eigenvalue weighted by Gasteiger charge is 2.28. The topological polar surface area (TPSA) is 45.2 Å². The minimum absolute atomic E-state index is 0.125. The predicted molar refractivity (Wildman–Crippen MR) is 71.4 cm³/mol. The molecule has 1 aromatic heterocycles. The zero-order valence-electron chi connectivity index (χ0n) is 11.1. The van der Waals surface area contributed by atoms with Gasteiger partial charge in [-0.3, -0.25) is 9.78 Å². The number of nitrogens with zero attached hydrogens (tertiary/aromatic N) is 2. The third-order valence-electron chi connectivity index (χ3n) is 3.46. The Balaban J connectivity index is 2.20. The van der Waals surface area contributed by atoms with E-state index in [9.17, 15) is 4.79 Å². The number of hydrogen-bond acceptors (Lipinski definition) is 3. The number of rotatable bonds is 2. The number of nitrogens with one attached hydrogen (secondary N) is 1. The average molecular weight is 247 g/mol. The molecule has 1 aliphatic rings. The zero-order valence-corrected chi connectivity index (χ0v) is 11.1. The maximum absolute atomic E-state index is 12.5. The van der Waals surface area contributed by atoms with E-state index in [0.29, 0.717) is 5.92 Å².